The number of hydrogen-bond donors (Lipinski definition) is 3. The van der Waals surface area contributed by atoms with Gasteiger partial charge < -0.3 is 10.6 Å². The summed E-state index contributed by atoms with van der Waals surface area (Å²) >= 11 is 0. The molecular weight excluding hydrogens is 225 g/mol. The van der Waals surface area contributed by atoms with E-state index in [1.165, 1.54) is 0 Å². The molecule has 1 fully saturated rings. The summed E-state index contributed by atoms with van der Waals surface area (Å²) < 4.78 is 43.2. The molecule has 0 aliphatic carbocycles. The first-order valence-corrected chi connectivity index (χ1v) is 4.64. The highest BCUT2D eigenvalue weighted by atomic mass is 19.4. The number of alkyl halides is 3. The van der Waals surface area contributed by atoms with Crippen LogP contribution in [0.15, 0.2) is 5.10 Å². The van der Waals surface area contributed by atoms with Crippen LogP contribution in [-0.4, -0.2) is 24.2 Å². The molecule has 0 saturated carbocycles. The Morgan fingerprint density at radius 2 is 2.00 bits per heavy atom. The molecular formula is C8H15F3N4O. The van der Waals surface area contributed by atoms with Crippen molar-refractivity contribution in [3.05, 3.63) is 0 Å². The summed E-state index contributed by atoms with van der Waals surface area (Å²) in [5, 5.41) is 3.40. The van der Waals surface area contributed by atoms with Crippen molar-refractivity contribution in [2.24, 2.45) is 22.2 Å². The Labute approximate surface area is 91.0 Å². The summed E-state index contributed by atoms with van der Waals surface area (Å²) in [5.41, 5.74) is -1.33. The lowest BCUT2D eigenvalue weighted by molar-refractivity contribution is -0.298. The highest BCUT2D eigenvalue weighted by Gasteiger charge is 2.60. The standard InChI is InChI=1S/C8H15F3N4O/c1-6(2)4-16-7(15-13,8(9,10)11)3-5(6)14-12/h15H,3-4,12-13H2,1-2H3/b14-5-/t7-/m0/s1. The van der Waals surface area contributed by atoms with Crippen LogP contribution in [0.25, 0.3) is 0 Å². The van der Waals surface area contributed by atoms with Gasteiger partial charge in [-0.15, -0.1) is 0 Å². The second-order valence-electron chi connectivity index (χ2n) is 4.39. The minimum Gasteiger partial charge on any atom is -0.350 e. The molecule has 1 aliphatic rings. The van der Waals surface area contributed by atoms with E-state index >= 15 is 0 Å². The van der Waals surface area contributed by atoms with Gasteiger partial charge in [0, 0.05) is 11.8 Å². The number of nitrogens with two attached hydrogens (primary N) is 2. The van der Waals surface area contributed by atoms with Gasteiger partial charge in [0.1, 0.15) is 0 Å². The molecule has 8 heteroatoms. The van der Waals surface area contributed by atoms with Gasteiger partial charge in [0.25, 0.3) is 0 Å². The van der Waals surface area contributed by atoms with Crippen LogP contribution in [0.4, 0.5) is 13.2 Å². The van der Waals surface area contributed by atoms with E-state index in [4.69, 9.17) is 16.4 Å². The molecule has 0 spiro atoms. The van der Waals surface area contributed by atoms with Gasteiger partial charge in [-0.05, 0) is 0 Å². The lowest BCUT2D eigenvalue weighted by Gasteiger charge is -2.44. The zero-order valence-corrected chi connectivity index (χ0v) is 9.06. The second-order valence-corrected chi connectivity index (χ2v) is 4.39. The van der Waals surface area contributed by atoms with Gasteiger partial charge in [-0.2, -0.15) is 18.3 Å². The molecule has 1 heterocycles. The molecule has 0 aromatic carbocycles. The van der Waals surface area contributed by atoms with E-state index in [0.29, 0.717) is 0 Å². The van der Waals surface area contributed by atoms with E-state index < -0.39 is 23.7 Å². The number of hydrogen-bond acceptors (Lipinski definition) is 5. The number of hydrazone groups is 1. The van der Waals surface area contributed by atoms with Crippen molar-refractivity contribution in [3.8, 4) is 0 Å². The molecule has 0 bridgehead atoms. The highest BCUT2D eigenvalue weighted by Crippen LogP contribution is 2.41. The van der Waals surface area contributed by atoms with Crippen LogP contribution in [0.1, 0.15) is 20.3 Å². The molecule has 94 valence electrons. The van der Waals surface area contributed by atoms with Gasteiger partial charge >= 0.3 is 6.18 Å². The van der Waals surface area contributed by atoms with Crippen molar-refractivity contribution in [1.82, 2.24) is 5.43 Å². The number of hydrazine groups is 1. The molecule has 5 nitrogen and oxygen atoms in total. The summed E-state index contributed by atoms with van der Waals surface area (Å²) in [7, 11) is 0. The summed E-state index contributed by atoms with van der Waals surface area (Å²) in [6.07, 6.45) is -5.15. The quantitative estimate of drug-likeness (QED) is 0.459. The molecule has 1 atom stereocenters. The fourth-order valence-electron chi connectivity index (χ4n) is 1.49. The van der Waals surface area contributed by atoms with Gasteiger partial charge in [-0.1, -0.05) is 13.8 Å². The summed E-state index contributed by atoms with van der Waals surface area (Å²) in [6, 6.07) is 0. The third-order valence-corrected chi connectivity index (χ3v) is 2.72. The Morgan fingerprint density at radius 3 is 2.38 bits per heavy atom. The first kappa shape index (κ1) is 13.2. The number of nitrogens with zero attached hydrogens (tertiary/aromatic N) is 1. The zero-order valence-electron chi connectivity index (χ0n) is 9.06. The average Bonchev–Trinajstić information content (AvgIpc) is 2.16. The van der Waals surface area contributed by atoms with E-state index in [2.05, 4.69) is 5.10 Å². The van der Waals surface area contributed by atoms with Crippen molar-refractivity contribution < 1.29 is 17.9 Å². The number of nitrogens with one attached hydrogen (secondary N) is 1. The lowest BCUT2D eigenvalue weighted by atomic mass is 9.81. The minimum absolute atomic E-state index is 0.160. The predicted molar refractivity (Wildman–Crippen MR) is 52.1 cm³/mol. The summed E-state index contributed by atoms with van der Waals surface area (Å²) in [6.45, 7) is 3.25. The minimum atomic E-state index is -4.63. The van der Waals surface area contributed by atoms with E-state index in [9.17, 15) is 13.2 Å². The van der Waals surface area contributed by atoms with E-state index in [1.807, 2.05) is 0 Å². The molecule has 0 amide bonds. The maximum Gasteiger partial charge on any atom is 0.432 e. The normalized spacial score (nSPS) is 33.0. The van der Waals surface area contributed by atoms with Gasteiger partial charge in [0.15, 0.2) is 0 Å². The Hall–Kier alpha value is -0.860. The van der Waals surface area contributed by atoms with Gasteiger partial charge in [0.2, 0.25) is 5.72 Å². The third kappa shape index (κ3) is 2.00. The van der Waals surface area contributed by atoms with Crippen molar-refractivity contribution in [2.75, 3.05) is 6.61 Å². The fourth-order valence-corrected chi connectivity index (χ4v) is 1.49. The Kier molecular flexibility index (Phi) is 3.19. The molecule has 1 aliphatic heterocycles. The lowest BCUT2D eigenvalue weighted by Crippen LogP contribution is -2.66. The molecule has 0 aromatic rings. The second kappa shape index (κ2) is 3.86. The van der Waals surface area contributed by atoms with E-state index in [0.717, 1.165) is 0 Å². The number of halogens is 3. The van der Waals surface area contributed by atoms with Crippen LogP contribution in [0.2, 0.25) is 0 Å². The smallest absolute Gasteiger partial charge is 0.350 e. The van der Waals surface area contributed by atoms with E-state index in [1.54, 1.807) is 19.3 Å². The summed E-state index contributed by atoms with van der Waals surface area (Å²) in [4.78, 5) is 0. The van der Waals surface area contributed by atoms with Crippen molar-refractivity contribution >= 4 is 5.71 Å². The van der Waals surface area contributed by atoms with Crippen LogP contribution in [0, 0.1) is 5.41 Å². The first-order chi connectivity index (χ1) is 7.18. The molecule has 16 heavy (non-hydrogen) atoms. The summed E-state index contributed by atoms with van der Waals surface area (Å²) in [5.74, 6) is 10.0. The monoisotopic (exact) mass is 240 g/mol. The van der Waals surface area contributed by atoms with E-state index in [-0.39, 0.29) is 12.3 Å². The molecule has 5 N–H and O–H groups in total. The first-order valence-electron chi connectivity index (χ1n) is 4.64. The zero-order chi connectivity index (χ0) is 12.6. The number of rotatable bonds is 1. The van der Waals surface area contributed by atoms with Crippen LogP contribution in [-0.2, 0) is 4.74 Å². The predicted octanol–water partition coefficient (Wildman–Crippen LogP) is 0.470. The molecule has 0 unspecified atom stereocenters. The van der Waals surface area contributed by atoms with Crippen LogP contribution < -0.4 is 17.1 Å². The third-order valence-electron chi connectivity index (χ3n) is 2.72. The fraction of sp³-hybridized carbons (Fsp3) is 0.875. The van der Waals surface area contributed by atoms with Crippen molar-refractivity contribution in [1.29, 1.82) is 0 Å². The molecule has 0 radical (unpaired) electrons. The van der Waals surface area contributed by atoms with Gasteiger partial charge in [0.05, 0.1) is 12.3 Å². The Morgan fingerprint density at radius 1 is 1.44 bits per heavy atom. The molecule has 0 aromatic heterocycles. The highest BCUT2D eigenvalue weighted by molar-refractivity contribution is 5.91. The van der Waals surface area contributed by atoms with Gasteiger partial charge in [-0.3, -0.25) is 5.84 Å². The largest absolute Gasteiger partial charge is 0.432 e. The van der Waals surface area contributed by atoms with Crippen LogP contribution in [0.3, 0.4) is 0 Å². The SMILES string of the molecule is CC1(C)CO[C@](NN)(C(F)(F)F)C/C1=N/N. The van der Waals surface area contributed by atoms with Gasteiger partial charge in [-0.25, -0.2) is 5.43 Å². The Bertz CT molecular complexity index is 302. The maximum absolute atomic E-state index is 12.8. The van der Waals surface area contributed by atoms with Crippen LogP contribution >= 0.6 is 0 Å². The number of ether oxygens (including phenoxy) is 1. The topological polar surface area (TPSA) is 85.7 Å². The van der Waals surface area contributed by atoms with Crippen molar-refractivity contribution in [3.63, 3.8) is 0 Å². The van der Waals surface area contributed by atoms with Crippen molar-refractivity contribution in [2.45, 2.75) is 32.2 Å². The Balaban J connectivity index is 3.04. The average molecular weight is 240 g/mol. The van der Waals surface area contributed by atoms with Crippen LogP contribution in [0.5, 0.6) is 0 Å². The molecule has 1 saturated heterocycles. The molecule has 1 rings (SSSR count). The maximum atomic E-state index is 12.8.